The van der Waals surface area contributed by atoms with Gasteiger partial charge in [-0.15, -0.1) is 0 Å². The van der Waals surface area contributed by atoms with Crippen LogP contribution in [0.4, 0.5) is 0 Å². The van der Waals surface area contributed by atoms with Gasteiger partial charge in [0.2, 0.25) is 5.91 Å². The summed E-state index contributed by atoms with van der Waals surface area (Å²) in [5.74, 6) is 3.27. The molecular formula is C22H29N3O2. The van der Waals surface area contributed by atoms with E-state index in [1.54, 1.807) is 6.08 Å². The lowest BCUT2D eigenvalue weighted by atomic mass is 9.75. The molecule has 2 fully saturated rings. The van der Waals surface area contributed by atoms with Gasteiger partial charge in [0.05, 0.1) is 0 Å². The average Bonchev–Trinajstić information content (AvgIpc) is 3.21. The summed E-state index contributed by atoms with van der Waals surface area (Å²) in [6.45, 7) is 7.82. The maximum atomic E-state index is 12.7. The summed E-state index contributed by atoms with van der Waals surface area (Å²) in [5.41, 5.74) is 3.20. The molecule has 2 atom stereocenters. The number of hydrogen-bond donors (Lipinski definition) is 0. The number of aryl methyl sites for hydroxylation is 2. The maximum Gasteiger partial charge on any atom is 0.246 e. The molecule has 1 saturated carbocycles. The van der Waals surface area contributed by atoms with Crippen molar-refractivity contribution < 1.29 is 9.32 Å². The van der Waals surface area contributed by atoms with Gasteiger partial charge in [-0.1, -0.05) is 24.4 Å². The summed E-state index contributed by atoms with van der Waals surface area (Å²) in [5, 5.41) is 4.12. The predicted molar refractivity (Wildman–Crippen MR) is 106 cm³/mol. The van der Waals surface area contributed by atoms with Crippen LogP contribution in [-0.2, 0) is 4.79 Å². The molecule has 0 unspecified atom stereocenters. The second kappa shape index (κ2) is 7.37. The fourth-order valence-electron chi connectivity index (χ4n) is 4.84. The highest BCUT2D eigenvalue weighted by Gasteiger charge is 2.32. The molecule has 0 N–H and O–H groups in total. The first-order chi connectivity index (χ1) is 13.0. The van der Waals surface area contributed by atoms with Gasteiger partial charge in [0.15, 0.2) is 5.82 Å². The van der Waals surface area contributed by atoms with Crippen LogP contribution in [0.15, 0.2) is 22.7 Å². The molecule has 27 heavy (non-hydrogen) atoms. The Bertz CT molecular complexity index is 861. The standard InChI is InChI=1S/C22H29N3O2/c1-15-12-19(17(3)25(15)21-13-16(2)27-23-21)8-9-22(26)24-11-10-18-6-4-5-7-20(18)14-24/h8-9,12-13,18,20H,4-7,10-11,14H2,1-3H3/b9-8+/t18-,20+/m1/s1. The van der Waals surface area contributed by atoms with Gasteiger partial charge >= 0.3 is 0 Å². The van der Waals surface area contributed by atoms with E-state index in [1.807, 2.05) is 30.9 Å². The Labute approximate surface area is 161 Å². The Morgan fingerprint density at radius 1 is 1.15 bits per heavy atom. The Morgan fingerprint density at radius 3 is 2.67 bits per heavy atom. The van der Waals surface area contributed by atoms with Crippen molar-refractivity contribution in [1.29, 1.82) is 0 Å². The van der Waals surface area contributed by atoms with Crippen molar-refractivity contribution in [3.05, 3.63) is 40.9 Å². The molecule has 0 aromatic carbocycles. The van der Waals surface area contributed by atoms with Crippen LogP contribution in [0.1, 0.15) is 54.8 Å². The minimum atomic E-state index is 0.140. The lowest BCUT2D eigenvalue weighted by Gasteiger charge is -2.41. The van der Waals surface area contributed by atoms with E-state index in [4.69, 9.17) is 4.52 Å². The van der Waals surface area contributed by atoms with Gasteiger partial charge in [-0.3, -0.25) is 9.36 Å². The quantitative estimate of drug-likeness (QED) is 0.754. The first-order valence-electron chi connectivity index (χ1n) is 10.1. The molecule has 2 aliphatic rings. The number of carbonyl (C=O) groups is 1. The minimum absolute atomic E-state index is 0.140. The van der Waals surface area contributed by atoms with Crippen LogP contribution in [0.3, 0.4) is 0 Å². The predicted octanol–water partition coefficient (Wildman–Crippen LogP) is 4.44. The molecule has 2 aromatic heterocycles. The van der Waals surface area contributed by atoms with Gasteiger partial charge in [0.25, 0.3) is 0 Å². The molecule has 5 nitrogen and oxygen atoms in total. The number of likely N-dealkylation sites (tertiary alicyclic amines) is 1. The van der Waals surface area contributed by atoms with Crippen LogP contribution >= 0.6 is 0 Å². The van der Waals surface area contributed by atoms with Crippen LogP contribution in [0.5, 0.6) is 0 Å². The number of fused-ring (bicyclic) bond motifs is 1. The number of nitrogens with zero attached hydrogens (tertiary/aromatic N) is 3. The number of rotatable bonds is 3. The summed E-state index contributed by atoms with van der Waals surface area (Å²) in [6, 6.07) is 4.02. The summed E-state index contributed by atoms with van der Waals surface area (Å²) in [6.07, 6.45) is 10.2. The highest BCUT2D eigenvalue weighted by atomic mass is 16.5. The Morgan fingerprint density at radius 2 is 1.93 bits per heavy atom. The third-order valence-corrected chi connectivity index (χ3v) is 6.32. The average molecular weight is 367 g/mol. The molecule has 4 rings (SSSR count). The van der Waals surface area contributed by atoms with E-state index in [0.29, 0.717) is 5.92 Å². The zero-order valence-electron chi connectivity index (χ0n) is 16.6. The molecule has 2 aromatic rings. The molecule has 1 saturated heterocycles. The smallest absolute Gasteiger partial charge is 0.246 e. The van der Waals surface area contributed by atoms with Gasteiger partial charge < -0.3 is 9.42 Å². The molecule has 1 aliphatic carbocycles. The Kier molecular flexibility index (Phi) is 4.94. The number of hydrogen-bond acceptors (Lipinski definition) is 3. The van der Waals surface area contributed by atoms with Gasteiger partial charge in [-0.05, 0) is 63.2 Å². The molecule has 1 aliphatic heterocycles. The van der Waals surface area contributed by atoms with Crippen molar-refractivity contribution in [1.82, 2.24) is 14.6 Å². The maximum absolute atomic E-state index is 12.7. The SMILES string of the molecule is Cc1cc(-n2c(C)cc(/C=C/C(=O)N3CC[C@H]4CCCC[C@H]4C3)c2C)no1. The van der Waals surface area contributed by atoms with E-state index in [1.165, 1.54) is 32.1 Å². The van der Waals surface area contributed by atoms with E-state index < -0.39 is 0 Å². The molecule has 3 heterocycles. The van der Waals surface area contributed by atoms with Crippen molar-refractivity contribution in [2.45, 2.75) is 52.9 Å². The summed E-state index contributed by atoms with van der Waals surface area (Å²) in [7, 11) is 0. The second-order valence-electron chi connectivity index (χ2n) is 8.17. The monoisotopic (exact) mass is 367 g/mol. The third-order valence-electron chi connectivity index (χ3n) is 6.32. The van der Waals surface area contributed by atoms with E-state index in [0.717, 1.165) is 47.5 Å². The number of aromatic nitrogens is 2. The molecule has 1 amide bonds. The molecule has 0 radical (unpaired) electrons. The zero-order valence-corrected chi connectivity index (χ0v) is 16.6. The largest absolute Gasteiger partial charge is 0.360 e. The lowest BCUT2D eigenvalue weighted by Crippen LogP contribution is -2.44. The summed E-state index contributed by atoms with van der Waals surface area (Å²) >= 11 is 0. The van der Waals surface area contributed by atoms with Crippen LogP contribution in [0.25, 0.3) is 11.9 Å². The van der Waals surface area contributed by atoms with Crippen molar-refractivity contribution >= 4 is 12.0 Å². The first-order valence-corrected chi connectivity index (χ1v) is 10.1. The topological polar surface area (TPSA) is 51.3 Å². The summed E-state index contributed by atoms with van der Waals surface area (Å²) in [4.78, 5) is 14.8. The third kappa shape index (κ3) is 3.60. The second-order valence-corrected chi connectivity index (χ2v) is 8.17. The molecule has 5 heteroatoms. The number of carbonyl (C=O) groups excluding carboxylic acids is 1. The van der Waals surface area contributed by atoms with Crippen LogP contribution < -0.4 is 0 Å². The summed E-state index contributed by atoms with van der Waals surface area (Å²) < 4.78 is 7.27. The Balaban J connectivity index is 1.47. The fraction of sp³-hybridized carbons (Fsp3) is 0.545. The van der Waals surface area contributed by atoms with Crippen molar-refractivity contribution in [2.24, 2.45) is 11.8 Å². The van der Waals surface area contributed by atoms with Crippen molar-refractivity contribution in [3.63, 3.8) is 0 Å². The van der Waals surface area contributed by atoms with Crippen LogP contribution in [-0.4, -0.2) is 33.6 Å². The minimum Gasteiger partial charge on any atom is -0.360 e. The van der Waals surface area contributed by atoms with Gasteiger partial charge in [-0.25, -0.2) is 0 Å². The van der Waals surface area contributed by atoms with Gasteiger partial charge in [-0.2, -0.15) is 0 Å². The molecule has 144 valence electrons. The number of piperidine rings is 1. The van der Waals surface area contributed by atoms with E-state index >= 15 is 0 Å². The first kappa shape index (κ1) is 18.1. The van der Waals surface area contributed by atoms with E-state index in [9.17, 15) is 4.79 Å². The van der Waals surface area contributed by atoms with E-state index in [-0.39, 0.29) is 5.91 Å². The lowest BCUT2D eigenvalue weighted by molar-refractivity contribution is -0.128. The highest BCUT2D eigenvalue weighted by molar-refractivity contribution is 5.92. The van der Waals surface area contributed by atoms with E-state index in [2.05, 4.69) is 22.7 Å². The molecular weight excluding hydrogens is 338 g/mol. The van der Waals surface area contributed by atoms with Crippen LogP contribution in [0.2, 0.25) is 0 Å². The van der Waals surface area contributed by atoms with Crippen molar-refractivity contribution in [2.75, 3.05) is 13.1 Å². The van der Waals surface area contributed by atoms with Gasteiger partial charge in [0, 0.05) is 36.6 Å². The molecule has 0 bridgehead atoms. The van der Waals surface area contributed by atoms with Crippen molar-refractivity contribution in [3.8, 4) is 5.82 Å². The normalized spacial score (nSPS) is 23.0. The fourth-order valence-corrected chi connectivity index (χ4v) is 4.84. The molecule has 0 spiro atoms. The Hall–Kier alpha value is -2.30. The van der Waals surface area contributed by atoms with Gasteiger partial charge in [0.1, 0.15) is 5.76 Å². The van der Waals surface area contributed by atoms with Crippen LogP contribution in [0, 0.1) is 32.6 Å². The zero-order chi connectivity index (χ0) is 19.0. The highest BCUT2D eigenvalue weighted by Crippen LogP contribution is 2.36. The number of amides is 1.